The zero-order chi connectivity index (χ0) is 15.9. The largest absolute Gasteiger partial charge is 0.378 e. The summed E-state index contributed by atoms with van der Waals surface area (Å²) < 4.78 is 0. The number of carbonyl (C=O) groups excluding carboxylic acids is 1. The van der Waals surface area contributed by atoms with Crippen LogP contribution in [0, 0.1) is 0 Å². The SMILES string of the molecule is C=CCNC(=O)c1ccc(Nc2ccc(N(C)C)cc2)nn1. The van der Waals surface area contributed by atoms with Gasteiger partial charge in [-0.15, -0.1) is 16.8 Å². The summed E-state index contributed by atoms with van der Waals surface area (Å²) in [5, 5.41) is 13.7. The lowest BCUT2D eigenvalue weighted by Crippen LogP contribution is -2.24. The van der Waals surface area contributed by atoms with E-state index in [1.807, 2.05) is 43.3 Å². The molecule has 2 rings (SSSR count). The number of carbonyl (C=O) groups is 1. The lowest BCUT2D eigenvalue weighted by molar-refractivity contribution is 0.0952. The molecule has 22 heavy (non-hydrogen) atoms. The molecule has 0 atom stereocenters. The van der Waals surface area contributed by atoms with E-state index in [0.717, 1.165) is 11.4 Å². The molecule has 0 aliphatic heterocycles. The third-order valence-electron chi connectivity index (χ3n) is 2.96. The maximum absolute atomic E-state index is 11.7. The van der Waals surface area contributed by atoms with E-state index in [9.17, 15) is 4.79 Å². The van der Waals surface area contributed by atoms with E-state index in [4.69, 9.17) is 0 Å². The number of anilines is 3. The minimum absolute atomic E-state index is 0.269. The van der Waals surface area contributed by atoms with Gasteiger partial charge >= 0.3 is 0 Å². The Kier molecular flexibility index (Phi) is 5.08. The normalized spacial score (nSPS) is 9.91. The van der Waals surface area contributed by atoms with E-state index in [0.29, 0.717) is 12.4 Å². The summed E-state index contributed by atoms with van der Waals surface area (Å²) in [5.41, 5.74) is 2.30. The smallest absolute Gasteiger partial charge is 0.272 e. The summed E-state index contributed by atoms with van der Waals surface area (Å²) in [4.78, 5) is 13.7. The number of hydrogen-bond donors (Lipinski definition) is 2. The summed E-state index contributed by atoms with van der Waals surface area (Å²) >= 11 is 0. The Morgan fingerprint density at radius 2 is 1.91 bits per heavy atom. The topological polar surface area (TPSA) is 70.2 Å². The number of rotatable bonds is 6. The van der Waals surface area contributed by atoms with Gasteiger partial charge in [-0.2, -0.15) is 0 Å². The summed E-state index contributed by atoms with van der Waals surface area (Å²) in [6.45, 7) is 3.94. The van der Waals surface area contributed by atoms with Crippen molar-refractivity contribution in [2.45, 2.75) is 0 Å². The molecule has 0 saturated carbocycles. The van der Waals surface area contributed by atoms with Gasteiger partial charge in [0.15, 0.2) is 11.5 Å². The molecule has 2 aromatic rings. The Labute approximate surface area is 129 Å². The Morgan fingerprint density at radius 3 is 2.45 bits per heavy atom. The van der Waals surface area contributed by atoms with Crippen LogP contribution in [0.15, 0.2) is 49.1 Å². The van der Waals surface area contributed by atoms with Crippen LogP contribution in [-0.2, 0) is 0 Å². The van der Waals surface area contributed by atoms with Crippen molar-refractivity contribution >= 4 is 23.1 Å². The Hall–Kier alpha value is -2.89. The molecule has 6 heteroatoms. The van der Waals surface area contributed by atoms with Gasteiger partial charge in [0.05, 0.1) is 0 Å². The summed E-state index contributed by atoms with van der Waals surface area (Å²) in [7, 11) is 3.98. The van der Waals surface area contributed by atoms with Crippen LogP contribution in [0.2, 0.25) is 0 Å². The Bertz CT molecular complexity index is 635. The maximum Gasteiger partial charge on any atom is 0.272 e. The average molecular weight is 297 g/mol. The van der Waals surface area contributed by atoms with E-state index < -0.39 is 0 Å². The first kappa shape index (κ1) is 15.5. The molecule has 0 spiro atoms. The molecule has 1 heterocycles. The second kappa shape index (κ2) is 7.21. The van der Waals surface area contributed by atoms with E-state index in [-0.39, 0.29) is 11.6 Å². The van der Waals surface area contributed by atoms with Crippen molar-refractivity contribution in [1.82, 2.24) is 15.5 Å². The van der Waals surface area contributed by atoms with E-state index in [2.05, 4.69) is 27.4 Å². The molecule has 0 saturated heterocycles. The minimum Gasteiger partial charge on any atom is -0.378 e. The van der Waals surface area contributed by atoms with Crippen LogP contribution < -0.4 is 15.5 Å². The van der Waals surface area contributed by atoms with Gasteiger partial charge in [0.2, 0.25) is 0 Å². The molecule has 1 aromatic carbocycles. The molecule has 0 radical (unpaired) electrons. The maximum atomic E-state index is 11.7. The second-order valence-electron chi connectivity index (χ2n) is 4.87. The summed E-state index contributed by atoms with van der Waals surface area (Å²) in [5.74, 6) is 0.312. The second-order valence-corrected chi connectivity index (χ2v) is 4.87. The number of nitrogens with one attached hydrogen (secondary N) is 2. The highest BCUT2D eigenvalue weighted by Crippen LogP contribution is 2.18. The minimum atomic E-state index is -0.269. The summed E-state index contributed by atoms with van der Waals surface area (Å²) in [6, 6.07) is 11.3. The van der Waals surface area contributed by atoms with Gasteiger partial charge in [-0.25, -0.2) is 0 Å². The molecule has 0 fully saturated rings. The molecule has 1 aromatic heterocycles. The quantitative estimate of drug-likeness (QED) is 0.800. The van der Waals surface area contributed by atoms with Crippen LogP contribution in [0.1, 0.15) is 10.5 Å². The first-order valence-corrected chi connectivity index (χ1v) is 6.87. The third kappa shape index (κ3) is 4.05. The molecule has 0 aliphatic rings. The number of hydrogen-bond acceptors (Lipinski definition) is 5. The highest BCUT2D eigenvalue weighted by atomic mass is 16.1. The van der Waals surface area contributed by atoms with Crippen molar-refractivity contribution in [1.29, 1.82) is 0 Å². The van der Waals surface area contributed by atoms with Gasteiger partial charge < -0.3 is 15.5 Å². The standard InChI is InChI=1S/C16H19N5O/c1-4-11-17-16(22)14-9-10-15(20-19-14)18-12-5-7-13(8-6-12)21(2)3/h4-10H,1,11H2,2-3H3,(H,17,22)(H,18,20). The number of benzene rings is 1. The molecular formula is C16H19N5O. The van der Waals surface area contributed by atoms with Gasteiger partial charge in [0, 0.05) is 32.0 Å². The van der Waals surface area contributed by atoms with Gasteiger partial charge in [-0.05, 0) is 36.4 Å². The molecule has 6 nitrogen and oxygen atoms in total. The van der Waals surface area contributed by atoms with E-state index in [1.165, 1.54) is 0 Å². The van der Waals surface area contributed by atoms with Crippen LogP contribution in [-0.4, -0.2) is 36.7 Å². The monoisotopic (exact) mass is 297 g/mol. The van der Waals surface area contributed by atoms with Crippen molar-refractivity contribution in [2.75, 3.05) is 30.9 Å². The predicted octanol–water partition coefficient (Wildman–Crippen LogP) is 2.20. The van der Waals surface area contributed by atoms with E-state index in [1.54, 1.807) is 18.2 Å². The summed E-state index contributed by atoms with van der Waals surface area (Å²) in [6.07, 6.45) is 1.61. The molecule has 0 unspecified atom stereocenters. The molecule has 0 bridgehead atoms. The van der Waals surface area contributed by atoms with Crippen molar-refractivity contribution in [3.8, 4) is 0 Å². The number of nitrogens with zero attached hydrogens (tertiary/aromatic N) is 3. The Morgan fingerprint density at radius 1 is 1.18 bits per heavy atom. The van der Waals surface area contributed by atoms with E-state index >= 15 is 0 Å². The number of amides is 1. The first-order chi connectivity index (χ1) is 10.6. The van der Waals surface area contributed by atoms with Crippen molar-refractivity contribution in [3.05, 3.63) is 54.7 Å². The van der Waals surface area contributed by atoms with Crippen LogP contribution in [0.25, 0.3) is 0 Å². The molecule has 0 aliphatic carbocycles. The van der Waals surface area contributed by atoms with Crippen LogP contribution in [0.3, 0.4) is 0 Å². The fraction of sp³-hybridized carbons (Fsp3) is 0.188. The van der Waals surface area contributed by atoms with Crippen LogP contribution >= 0.6 is 0 Å². The molecule has 114 valence electrons. The fourth-order valence-electron chi connectivity index (χ4n) is 1.77. The van der Waals surface area contributed by atoms with Crippen molar-refractivity contribution in [2.24, 2.45) is 0 Å². The van der Waals surface area contributed by atoms with Crippen molar-refractivity contribution < 1.29 is 4.79 Å². The van der Waals surface area contributed by atoms with Gasteiger partial charge in [0.1, 0.15) is 0 Å². The third-order valence-corrected chi connectivity index (χ3v) is 2.96. The highest BCUT2D eigenvalue weighted by Gasteiger charge is 2.07. The van der Waals surface area contributed by atoms with Crippen LogP contribution in [0.4, 0.5) is 17.2 Å². The molecular weight excluding hydrogens is 278 g/mol. The fourth-order valence-corrected chi connectivity index (χ4v) is 1.77. The lowest BCUT2D eigenvalue weighted by atomic mass is 10.2. The Balaban J connectivity index is 2.01. The zero-order valence-electron chi connectivity index (χ0n) is 12.7. The van der Waals surface area contributed by atoms with Gasteiger partial charge in [-0.1, -0.05) is 6.08 Å². The van der Waals surface area contributed by atoms with Gasteiger partial charge in [-0.3, -0.25) is 4.79 Å². The highest BCUT2D eigenvalue weighted by molar-refractivity contribution is 5.92. The average Bonchev–Trinajstić information content (AvgIpc) is 2.54. The van der Waals surface area contributed by atoms with Gasteiger partial charge in [0.25, 0.3) is 5.91 Å². The molecule has 1 amide bonds. The number of aromatic nitrogens is 2. The first-order valence-electron chi connectivity index (χ1n) is 6.87. The molecule has 2 N–H and O–H groups in total. The predicted molar refractivity (Wildman–Crippen MR) is 88.6 cm³/mol. The van der Waals surface area contributed by atoms with Crippen molar-refractivity contribution in [3.63, 3.8) is 0 Å². The van der Waals surface area contributed by atoms with Crippen LogP contribution in [0.5, 0.6) is 0 Å². The zero-order valence-corrected chi connectivity index (χ0v) is 12.7. The lowest BCUT2D eigenvalue weighted by Gasteiger charge is -2.13.